The number of nitrogens with two attached hydrogens (primary N) is 1. The van der Waals surface area contributed by atoms with E-state index in [-0.39, 0.29) is 5.91 Å². The lowest BCUT2D eigenvalue weighted by atomic mass is 10.2. The van der Waals surface area contributed by atoms with E-state index in [1.165, 1.54) is 12.4 Å². The molecular formula is C8H12N4O. The molecule has 0 saturated heterocycles. The Morgan fingerprint density at radius 3 is 2.85 bits per heavy atom. The van der Waals surface area contributed by atoms with Crippen molar-refractivity contribution in [2.24, 2.45) is 0 Å². The molecule has 5 heteroatoms. The zero-order chi connectivity index (χ0) is 9.84. The molecule has 0 fully saturated rings. The van der Waals surface area contributed by atoms with E-state index in [4.69, 9.17) is 5.73 Å². The van der Waals surface area contributed by atoms with Crippen LogP contribution in [0.4, 0.5) is 5.69 Å². The van der Waals surface area contributed by atoms with Gasteiger partial charge >= 0.3 is 0 Å². The SMILES string of the molecule is CN(C)NC(=O)c1ccncc1N. The molecule has 5 nitrogen and oxygen atoms in total. The summed E-state index contributed by atoms with van der Waals surface area (Å²) in [4.78, 5) is 15.2. The molecule has 0 aliphatic rings. The highest BCUT2D eigenvalue weighted by atomic mass is 16.2. The van der Waals surface area contributed by atoms with E-state index < -0.39 is 0 Å². The van der Waals surface area contributed by atoms with Gasteiger partial charge in [-0.1, -0.05) is 0 Å². The van der Waals surface area contributed by atoms with Crippen LogP contribution in [0.2, 0.25) is 0 Å². The van der Waals surface area contributed by atoms with Gasteiger partial charge in [-0.25, -0.2) is 5.01 Å². The maximum atomic E-state index is 11.4. The van der Waals surface area contributed by atoms with Crippen LogP contribution in [0.15, 0.2) is 18.5 Å². The summed E-state index contributed by atoms with van der Waals surface area (Å²) in [6.07, 6.45) is 2.98. The first kappa shape index (κ1) is 9.47. The van der Waals surface area contributed by atoms with E-state index in [2.05, 4.69) is 10.4 Å². The maximum absolute atomic E-state index is 11.4. The molecule has 0 aromatic carbocycles. The molecule has 1 amide bonds. The average Bonchev–Trinajstić information content (AvgIpc) is 2.03. The van der Waals surface area contributed by atoms with Gasteiger partial charge in [0.1, 0.15) is 0 Å². The molecule has 0 bridgehead atoms. The number of pyridine rings is 1. The molecular weight excluding hydrogens is 168 g/mol. The Morgan fingerprint density at radius 1 is 1.62 bits per heavy atom. The van der Waals surface area contributed by atoms with Gasteiger partial charge < -0.3 is 5.73 Å². The van der Waals surface area contributed by atoms with Crippen LogP contribution in [0.3, 0.4) is 0 Å². The number of nitrogen functional groups attached to an aromatic ring is 1. The first-order valence-electron chi connectivity index (χ1n) is 3.79. The maximum Gasteiger partial charge on any atom is 0.267 e. The molecule has 70 valence electrons. The minimum Gasteiger partial charge on any atom is -0.397 e. The summed E-state index contributed by atoms with van der Waals surface area (Å²) in [5.74, 6) is -0.232. The van der Waals surface area contributed by atoms with Gasteiger partial charge in [-0.3, -0.25) is 15.2 Å². The highest BCUT2D eigenvalue weighted by molar-refractivity contribution is 5.98. The number of hydrazine groups is 1. The van der Waals surface area contributed by atoms with Crippen LogP contribution in [-0.2, 0) is 0 Å². The van der Waals surface area contributed by atoms with Crippen molar-refractivity contribution < 1.29 is 4.79 Å². The second-order valence-electron chi connectivity index (χ2n) is 2.80. The molecule has 0 aliphatic carbocycles. The topological polar surface area (TPSA) is 71.2 Å². The van der Waals surface area contributed by atoms with Crippen molar-refractivity contribution in [2.75, 3.05) is 19.8 Å². The van der Waals surface area contributed by atoms with Gasteiger partial charge in [0.2, 0.25) is 0 Å². The van der Waals surface area contributed by atoms with Crippen molar-refractivity contribution in [3.05, 3.63) is 24.0 Å². The minimum absolute atomic E-state index is 0.232. The Kier molecular flexibility index (Phi) is 2.81. The van der Waals surface area contributed by atoms with Gasteiger partial charge in [-0.15, -0.1) is 0 Å². The van der Waals surface area contributed by atoms with Crippen LogP contribution in [0.1, 0.15) is 10.4 Å². The van der Waals surface area contributed by atoms with E-state index >= 15 is 0 Å². The predicted octanol–water partition coefficient (Wildman–Crippen LogP) is -0.130. The van der Waals surface area contributed by atoms with Gasteiger partial charge in [0.15, 0.2) is 0 Å². The molecule has 1 aromatic heterocycles. The van der Waals surface area contributed by atoms with Crippen LogP contribution in [0.25, 0.3) is 0 Å². The quantitative estimate of drug-likeness (QED) is 0.622. The Hall–Kier alpha value is -1.62. The lowest BCUT2D eigenvalue weighted by molar-refractivity contribution is 0.0858. The highest BCUT2D eigenvalue weighted by Gasteiger charge is 2.08. The van der Waals surface area contributed by atoms with Crippen LogP contribution in [-0.4, -0.2) is 30.0 Å². The van der Waals surface area contributed by atoms with Gasteiger partial charge in [0.25, 0.3) is 5.91 Å². The van der Waals surface area contributed by atoms with E-state index in [1.807, 2.05) is 0 Å². The molecule has 3 N–H and O–H groups in total. The molecule has 0 unspecified atom stereocenters. The number of aromatic nitrogens is 1. The largest absolute Gasteiger partial charge is 0.397 e. The second kappa shape index (κ2) is 3.86. The molecule has 1 aromatic rings. The van der Waals surface area contributed by atoms with Crippen molar-refractivity contribution in [1.82, 2.24) is 15.4 Å². The third-order valence-corrected chi connectivity index (χ3v) is 1.42. The van der Waals surface area contributed by atoms with E-state index in [1.54, 1.807) is 25.2 Å². The predicted molar refractivity (Wildman–Crippen MR) is 49.8 cm³/mol. The van der Waals surface area contributed by atoms with Crippen LogP contribution >= 0.6 is 0 Å². The van der Waals surface area contributed by atoms with Crippen molar-refractivity contribution in [1.29, 1.82) is 0 Å². The molecule has 1 heterocycles. The lowest BCUT2D eigenvalue weighted by Gasteiger charge is -2.12. The van der Waals surface area contributed by atoms with Crippen molar-refractivity contribution in [3.63, 3.8) is 0 Å². The number of amides is 1. The number of hydrogen-bond acceptors (Lipinski definition) is 4. The minimum atomic E-state index is -0.232. The molecule has 0 spiro atoms. The van der Waals surface area contributed by atoms with Crippen LogP contribution < -0.4 is 11.2 Å². The van der Waals surface area contributed by atoms with E-state index in [0.29, 0.717) is 11.3 Å². The molecule has 0 saturated carbocycles. The number of carbonyl (C=O) groups excluding carboxylic acids is 1. The average molecular weight is 180 g/mol. The summed E-state index contributed by atoms with van der Waals surface area (Å²) in [6, 6.07) is 1.58. The number of rotatable bonds is 2. The monoisotopic (exact) mass is 180 g/mol. The lowest BCUT2D eigenvalue weighted by Crippen LogP contribution is -2.36. The number of anilines is 1. The fourth-order valence-corrected chi connectivity index (χ4v) is 0.877. The first-order valence-corrected chi connectivity index (χ1v) is 3.79. The van der Waals surface area contributed by atoms with Gasteiger partial charge in [0, 0.05) is 20.3 Å². The Balaban J connectivity index is 2.83. The third kappa shape index (κ3) is 2.41. The smallest absolute Gasteiger partial charge is 0.267 e. The Morgan fingerprint density at radius 2 is 2.31 bits per heavy atom. The van der Waals surface area contributed by atoms with Gasteiger partial charge in [0.05, 0.1) is 17.4 Å². The molecule has 13 heavy (non-hydrogen) atoms. The second-order valence-corrected chi connectivity index (χ2v) is 2.80. The van der Waals surface area contributed by atoms with Crippen molar-refractivity contribution in [3.8, 4) is 0 Å². The molecule has 0 radical (unpaired) electrons. The zero-order valence-corrected chi connectivity index (χ0v) is 7.61. The van der Waals surface area contributed by atoms with E-state index in [9.17, 15) is 4.79 Å². The first-order chi connectivity index (χ1) is 6.11. The molecule has 1 rings (SSSR count). The summed E-state index contributed by atoms with van der Waals surface area (Å²) < 4.78 is 0. The summed E-state index contributed by atoms with van der Waals surface area (Å²) >= 11 is 0. The third-order valence-electron chi connectivity index (χ3n) is 1.42. The Bertz CT molecular complexity index is 311. The number of carbonyl (C=O) groups is 1. The fourth-order valence-electron chi connectivity index (χ4n) is 0.877. The summed E-state index contributed by atoms with van der Waals surface area (Å²) in [5.41, 5.74) is 8.95. The molecule has 0 aliphatic heterocycles. The summed E-state index contributed by atoms with van der Waals surface area (Å²) in [5, 5.41) is 1.56. The van der Waals surface area contributed by atoms with Crippen LogP contribution in [0.5, 0.6) is 0 Å². The Labute approximate surface area is 76.5 Å². The van der Waals surface area contributed by atoms with Gasteiger partial charge in [-0.2, -0.15) is 0 Å². The highest BCUT2D eigenvalue weighted by Crippen LogP contribution is 2.07. The van der Waals surface area contributed by atoms with Crippen molar-refractivity contribution in [2.45, 2.75) is 0 Å². The fraction of sp³-hybridized carbons (Fsp3) is 0.250. The van der Waals surface area contributed by atoms with Gasteiger partial charge in [-0.05, 0) is 6.07 Å². The summed E-state index contributed by atoms with van der Waals surface area (Å²) in [7, 11) is 3.46. The summed E-state index contributed by atoms with van der Waals surface area (Å²) in [6.45, 7) is 0. The van der Waals surface area contributed by atoms with E-state index in [0.717, 1.165) is 0 Å². The van der Waals surface area contributed by atoms with Crippen LogP contribution in [0, 0.1) is 0 Å². The molecule has 0 atom stereocenters. The van der Waals surface area contributed by atoms with Crippen molar-refractivity contribution >= 4 is 11.6 Å². The standard InChI is InChI=1S/C8H12N4O/c1-12(2)11-8(13)6-3-4-10-5-7(6)9/h3-5H,9H2,1-2H3,(H,11,13). The zero-order valence-electron chi connectivity index (χ0n) is 7.61. The number of hydrogen-bond donors (Lipinski definition) is 2. The normalized spacial score (nSPS) is 10.1. The number of nitrogens with zero attached hydrogens (tertiary/aromatic N) is 2. The number of nitrogens with one attached hydrogen (secondary N) is 1.